The Hall–Kier alpha value is -3.15. The molecule has 0 bridgehead atoms. The number of para-hydroxylation sites is 1. The molecule has 26 heavy (non-hydrogen) atoms. The summed E-state index contributed by atoms with van der Waals surface area (Å²) in [5, 5.41) is 3.00. The minimum absolute atomic E-state index is 0.224. The van der Waals surface area contributed by atoms with Crippen molar-refractivity contribution >= 4 is 5.91 Å². The van der Waals surface area contributed by atoms with Gasteiger partial charge in [-0.3, -0.25) is 4.79 Å². The minimum Gasteiger partial charge on any atom is -0.480 e. The Morgan fingerprint density at radius 1 is 1.27 bits per heavy atom. The number of ether oxygens (including phenoxy) is 1. The van der Waals surface area contributed by atoms with Crippen molar-refractivity contribution in [2.75, 3.05) is 0 Å². The first-order valence-corrected chi connectivity index (χ1v) is 8.39. The van der Waals surface area contributed by atoms with Crippen molar-refractivity contribution in [3.8, 4) is 5.75 Å². The summed E-state index contributed by atoms with van der Waals surface area (Å²) >= 11 is 0. The maximum Gasteiger partial charge on any atom is 0.262 e. The number of carbonyl (C=O) groups is 1. The Morgan fingerprint density at radius 2 is 2.04 bits per heavy atom. The Morgan fingerprint density at radius 3 is 2.73 bits per heavy atom. The fourth-order valence-electron chi connectivity index (χ4n) is 3.17. The molecule has 2 unspecified atom stereocenters. The van der Waals surface area contributed by atoms with Crippen molar-refractivity contribution in [1.82, 2.24) is 14.9 Å². The Bertz CT molecular complexity index is 911. The summed E-state index contributed by atoms with van der Waals surface area (Å²) in [5.74, 6) is 0.857. The van der Waals surface area contributed by atoms with E-state index in [1.807, 2.05) is 35.9 Å². The van der Waals surface area contributed by atoms with Crippen LogP contribution in [0.1, 0.15) is 23.0 Å². The van der Waals surface area contributed by atoms with Gasteiger partial charge in [0.1, 0.15) is 23.4 Å². The molecule has 1 N–H and O–H groups in total. The lowest BCUT2D eigenvalue weighted by Crippen LogP contribution is -2.40. The first-order valence-electron chi connectivity index (χ1n) is 8.39. The number of fused-ring (bicyclic) bond motifs is 1. The molecule has 0 saturated carbocycles. The van der Waals surface area contributed by atoms with Crippen LogP contribution in [-0.2, 0) is 18.3 Å². The van der Waals surface area contributed by atoms with Gasteiger partial charge in [0.05, 0.1) is 0 Å². The number of nitrogens with zero attached hydrogens (tertiary/aromatic N) is 2. The van der Waals surface area contributed by atoms with Crippen molar-refractivity contribution in [1.29, 1.82) is 0 Å². The fraction of sp³-hybridized carbons (Fsp3) is 0.200. The van der Waals surface area contributed by atoms with Crippen LogP contribution in [0.2, 0.25) is 0 Å². The van der Waals surface area contributed by atoms with Crippen LogP contribution in [0.15, 0.2) is 60.9 Å². The van der Waals surface area contributed by atoms with Gasteiger partial charge >= 0.3 is 0 Å². The van der Waals surface area contributed by atoms with Crippen molar-refractivity contribution in [2.45, 2.75) is 18.6 Å². The zero-order valence-corrected chi connectivity index (χ0v) is 14.2. The van der Waals surface area contributed by atoms with Gasteiger partial charge < -0.3 is 14.6 Å². The van der Waals surface area contributed by atoms with Crippen molar-refractivity contribution in [2.24, 2.45) is 7.05 Å². The van der Waals surface area contributed by atoms with E-state index in [2.05, 4.69) is 10.3 Å². The quantitative estimate of drug-likeness (QED) is 0.786. The van der Waals surface area contributed by atoms with E-state index < -0.39 is 12.1 Å². The fourth-order valence-corrected chi connectivity index (χ4v) is 3.17. The maximum atomic E-state index is 13.3. The maximum absolute atomic E-state index is 13.3. The molecule has 0 aliphatic carbocycles. The second-order valence-electron chi connectivity index (χ2n) is 6.31. The molecule has 1 aliphatic rings. The highest BCUT2D eigenvalue weighted by molar-refractivity contribution is 5.83. The van der Waals surface area contributed by atoms with Gasteiger partial charge in [-0.2, -0.15) is 0 Å². The smallest absolute Gasteiger partial charge is 0.262 e. The van der Waals surface area contributed by atoms with Crippen LogP contribution < -0.4 is 10.1 Å². The molecule has 6 heteroatoms. The van der Waals surface area contributed by atoms with Crippen LogP contribution in [0, 0.1) is 5.82 Å². The number of aromatic nitrogens is 2. The molecule has 1 aliphatic heterocycles. The summed E-state index contributed by atoms with van der Waals surface area (Å²) in [7, 11) is 1.85. The van der Waals surface area contributed by atoms with E-state index in [9.17, 15) is 9.18 Å². The lowest BCUT2D eigenvalue weighted by molar-refractivity contribution is -0.127. The van der Waals surface area contributed by atoms with Crippen LogP contribution in [0.25, 0.3) is 0 Å². The van der Waals surface area contributed by atoms with Crippen molar-refractivity contribution in [3.63, 3.8) is 0 Å². The molecule has 2 atom stereocenters. The number of hydrogen-bond acceptors (Lipinski definition) is 3. The van der Waals surface area contributed by atoms with E-state index in [1.54, 1.807) is 24.5 Å². The zero-order chi connectivity index (χ0) is 18.1. The average Bonchev–Trinajstić information content (AvgIpc) is 3.26. The van der Waals surface area contributed by atoms with Gasteiger partial charge in [-0.25, -0.2) is 9.37 Å². The van der Waals surface area contributed by atoms with E-state index >= 15 is 0 Å². The van der Waals surface area contributed by atoms with E-state index in [4.69, 9.17) is 4.74 Å². The highest BCUT2D eigenvalue weighted by atomic mass is 19.1. The minimum atomic E-state index is -0.587. The third-order valence-electron chi connectivity index (χ3n) is 4.55. The summed E-state index contributed by atoms with van der Waals surface area (Å²) in [6.45, 7) is 0. The average molecular weight is 351 g/mol. The third kappa shape index (κ3) is 3.06. The lowest BCUT2D eigenvalue weighted by Gasteiger charge is -2.21. The zero-order valence-electron chi connectivity index (χ0n) is 14.2. The molecule has 0 saturated heterocycles. The molecule has 132 valence electrons. The summed E-state index contributed by atoms with van der Waals surface area (Å²) < 4.78 is 20.9. The number of amides is 1. The molecule has 0 radical (unpaired) electrons. The molecular formula is C20H18FN3O2. The largest absolute Gasteiger partial charge is 0.480 e. The normalized spacial score (nSPS) is 16.6. The number of nitrogens with one attached hydrogen (secondary N) is 1. The van der Waals surface area contributed by atoms with Crippen LogP contribution in [0.5, 0.6) is 5.75 Å². The molecule has 2 heterocycles. The molecule has 5 nitrogen and oxygen atoms in total. The van der Waals surface area contributed by atoms with Crippen LogP contribution in [0.3, 0.4) is 0 Å². The summed E-state index contributed by atoms with van der Waals surface area (Å²) in [6.07, 6.45) is 3.41. The van der Waals surface area contributed by atoms with Gasteiger partial charge in [0.25, 0.3) is 5.91 Å². The number of imidazole rings is 1. The first kappa shape index (κ1) is 16.3. The SMILES string of the molecule is Cn1ccnc1C(NC(=O)C1Cc2ccccc2O1)c1ccc(F)cc1. The Kier molecular flexibility index (Phi) is 4.16. The number of carbonyl (C=O) groups excluding carboxylic acids is 1. The molecule has 0 fully saturated rings. The van der Waals surface area contributed by atoms with Crippen LogP contribution in [0.4, 0.5) is 4.39 Å². The number of halogens is 1. The predicted molar refractivity (Wildman–Crippen MR) is 94.2 cm³/mol. The third-order valence-corrected chi connectivity index (χ3v) is 4.55. The summed E-state index contributed by atoms with van der Waals surface area (Å²) in [6, 6.07) is 13.2. The van der Waals surface area contributed by atoms with Gasteiger partial charge in [0, 0.05) is 25.9 Å². The summed E-state index contributed by atoms with van der Waals surface area (Å²) in [5.41, 5.74) is 1.77. The van der Waals surface area contributed by atoms with E-state index in [0.29, 0.717) is 12.2 Å². The molecule has 1 amide bonds. The topological polar surface area (TPSA) is 56.2 Å². The van der Waals surface area contributed by atoms with Crippen LogP contribution in [-0.4, -0.2) is 21.6 Å². The highest BCUT2D eigenvalue weighted by Gasteiger charge is 2.31. The van der Waals surface area contributed by atoms with Crippen molar-refractivity contribution in [3.05, 3.63) is 83.7 Å². The van der Waals surface area contributed by atoms with Gasteiger partial charge in [0.15, 0.2) is 6.10 Å². The summed E-state index contributed by atoms with van der Waals surface area (Å²) in [4.78, 5) is 17.2. The van der Waals surface area contributed by atoms with E-state index in [1.165, 1.54) is 12.1 Å². The van der Waals surface area contributed by atoms with Crippen LogP contribution >= 0.6 is 0 Å². The molecule has 2 aromatic carbocycles. The molecule has 1 aromatic heterocycles. The number of benzene rings is 2. The monoisotopic (exact) mass is 351 g/mol. The molecule has 3 aromatic rings. The number of aryl methyl sites for hydroxylation is 1. The van der Waals surface area contributed by atoms with Gasteiger partial charge in [-0.05, 0) is 29.3 Å². The van der Waals surface area contributed by atoms with Gasteiger partial charge in [-0.15, -0.1) is 0 Å². The number of rotatable bonds is 4. The highest BCUT2D eigenvalue weighted by Crippen LogP contribution is 2.29. The molecule has 0 spiro atoms. The second kappa shape index (κ2) is 6.63. The predicted octanol–water partition coefficient (Wildman–Crippen LogP) is 2.77. The van der Waals surface area contributed by atoms with Gasteiger partial charge in [-0.1, -0.05) is 30.3 Å². The standard InChI is InChI=1S/C20H18FN3O2/c1-24-11-10-22-19(24)18(13-6-8-15(21)9-7-13)23-20(25)17-12-14-4-2-3-5-16(14)26-17/h2-11,17-18H,12H2,1H3,(H,23,25). The Balaban J connectivity index is 1.58. The van der Waals surface area contributed by atoms with E-state index in [0.717, 1.165) is 16.9 Å². The Labute approximate surface area is 150 Å². The van der Waals surface area contributed by atoms with E-state index in [-0.39, 0.29) is 11.7 Å². The second-order valence-corrected chi connectivity index (χ2v) is 6.31. The van der Waals surface area contributed by atoms with Crippen molar-refractivity contribution < 1.29 is 13.9 Å². The molecular weight excluding hydrogens is 333 g/mol. The molecule has 4 rings (SSSR count). The lowest BCUT2D eigenvalue weighted by atomic mass is 10.0. The van der Waals surface area contributed by atoms with Gasteiger partial charge in [0.2, 0.25) is 0 Å². The number of hydrogen-bond donors (Lipinski definition) is 1. The first-order chi connectivity index (χ1) is 12.6.